The van der Waals surface area contributed by atoms with Gasteiger partial charge in [-0.05, 0) is 43.3 Å². The molecule has 0 bridgehead atoms. The quantitative estimate of drug-likeness (QED) is 0.472. The SMILES string of the molecule is CCOc1ccc(N2C(=O)C(=Cc3cc(OC)c(OC)cc3OC)SC2=S)cc1. The summed E-state index contributed by atoms with van der Waals surface area (Å²) in [5.74, 6) is 2.20. The van der Waals surface area contributed by atoms with Crippen molar-refractivity contribution >= 4 is 46.0 Å². The predicted molar refractivity (Wildman–Crippen MR) is 119 cm³/mol. The summed E-state index contributed by atoms with van der Waals surface area (Å²) in [7, 11) is 4.67. The molecule has 2 aromatic rings. The average Bonchev–Trinajstić information content (AvgIpc) is 3.01. The average molecular weight is 432 g/mol. The molecule has 0 aliphatic carbocycles. The van der Waals surface area contributed by atoms with E-state index in [0.29, 0.717) is 44.3 Å². The van der Waals surface area contributed by atoms with Crippen LogP contribution in [0.25, 0.3) is 6.08 Å². The molecule has 0 radical (unpaired) electrons. The molecule has 3 rings (SSSR count). The second-order valence-electron chi connectivity index (χ2n) is 5.89. The minimum Gasteiger partial charge on any atom is -0.496 e. The maximum atomic E-state index is 13.0. The van der Waals surface area contributed by atoms with E-state index in [4.69, 9.17) is 31.2 Å². The second kappa shape index (κ2) is 9.19. The molecule has 152 valence electrons. The van der Waals surface area contributed by atoms with Crippen molar-refractivity contribution in [3.8, 4) is 23.0 Å². The minimum absolute atomic E-state index is 0.194. The Balaban J connectivity index is 1.94. The number of thiocarbonyl (C=S) groups is 1. The van der Waals surface area contributed by atoms with Crippen molar-refractivity contribution in [2.24, 2.45) is 0 Å². The van der Waals surface area contributed by atoms with Crippen molar-refractivity contribution in [3.05, 3.63) is 46.9 Å². The van der Waals surface area contributed by atoms with Gasteiger partial charge in [-0.15, -0.1) is 0 Å². The maximum absolute atomic E-state index is 13.0. The first kappa shape index (κ1) is 21.0. The fraction of sp³-hybridized carbons (Fsp3) is 0.238. The Morgan fingerprint density at radius 3 is 2.21 bits per heavy atom. The van der Waals surface area contributed by atoms with Gasteiger partial charge in [-0.1, -0.05) is 24.0 Å². The molecule has 0 atom stereocenters. The molecule has 0 N–H and O–H groups in total. The highest BCUT2D eigenvalue weighted by Gasteiger charge is 2.33. The van der Waals surface area contributed by atoms with Crippen molar-refractivity contribution in [2.75, 3.05) is 32.8 Å². The zero-order chi connectivity index (χ0) is 21.0. The number of rotatable bonds is 7. The lowest BCUT2D eigenvalue weighted by atomic mass is 10.1. The fourth-order valence-electron chi connectivity index (χ4n) is 2.86. The number of methoxy groups -OCH3 is 3. The summed E-state index contributed by atoms with van der Waals surface area (Å²) in [6, 6.07) is 10.8. The first-order valence-corrected chi connectivity index (χ1v) is 10.1. The van der Waals surface area contributed by atoms with E-state index in [2.05, 4.69) is 0 Å². The maximum Gasteiger partial charge on any atom is 0.270 e. The van der Waals surface area contributed by atoms with E-state index in [0.717, 1.165) is 5.75 Å². The lowest BCUT2D eigenvalue weighted by Crippen LogP contribution is -2.27. The summed E-state index contributed by atoms with van der Waals surface area (Å²) >= 11 is 6.68. The lowest BCUT2D eigenvalue weighted by molar-refractivity contribution is -0.113. The molecule has 0 saturated carbocycles. The van der Waals surface area contributed by atoms with Crippen molar-refractivity contribution in [3.63, 3.8) is 0 Å². The highest BCUT2D eigenvalue weighted by Crippen LogP contribution is 2.40. The molecule has 6 nitrogen and oxygen atoms in total. The van der Waals surface area contributed by atoms with E-state index in [1.165, 1.54) is 16.7 Å². The monoisotopic (exact) mass is 431 g/mol. The van der Waals surface area contributed by atoms with E-state index < -0.39 is 0 Å². The van der Waals surface area contributed by atoms with Gasteiger partial charge >= 0.3 is 0 Å². The van der Waals surface area contributed by atoms with Crippen LogP contribution in [0.1, 0.15) is 12.5 Å². The number of carbonyl (C=O) groups is 1. The third kappa shape index (κ3) is 4.33. The fourth-order valence-corrected chi connectivity index (χ4v) is 4.15. The van der Waals surface area contributed by atoms with Crippen LogP contribution in [0, 0.1) is 0 Å². The van der Waals surface area contributed by atoms with Crippen LogP contribution in [0.15, 0.2) is 41.3 Å². The van der Waals surface area contributed by atoms with Gasteiger partial charge in [0.05, 0.1) is 38.5 Å². The molecule has 1 saturated heterocycles. The Bertz CT molecular complexity index is 956. The highest BCUT2D eigenvalue weighted by atomic mass is 32.2. The van der Waals surface area contributed by atoms with E-state index in [9.17, 15) is 4.79 Å². The van der Waals surface area contributed by atoms with E-state index in [1.54, 1.807) is 39.5 Å². The second-order valence-corrected chi connectivity index (χ2v) is 7.57. The number of nitrogens with zero attached hydrogens (tertiary/aromatic N) is 1. The molecule has 1 amide bonds. The van der Waals surface area contributed by atoms with Crippen LogP contribution in [0.5, 0.6) is 23.0 Å². The molecule has 8 heteroatoms. The summed E-state index contributed by atoms with van der Waals surface area (Å²) in [4.78, 5) is 15.0. The van der Waals surface area contributed by atoms with E-state index in [-0.39, 0.29) is 5.91 Å². The van der Waals surface area contributed by atoms with Gasteiger partial charge in [0.15, 0.2) is 15.8 Å². The number of hydrogen-bond donors (Lipinski definition) is 0. The van der Waals surface area contributed by atoms with Gasteiger partial charge < -0.3 is 18.9 Å². The zero-order valence-corrected chi connectivity index (χ0v) is 18.2. The molecule has 1 heterocycles. The molecule has 1 fully saturated rings. The summed E-state index contributed by atoms with van der Waals surface area (Å²) in [5.41, 5.74) is 1.39. The topological polar surface area (TPSA) is 57.2 Å². The van der Waals surface area contributed by atoms with Crippen molar-refractivity contribution in [1.29, 1.82) is 0 Å². The van der Waals surface area contributed by atoms with Gasteiger partial charge in [0.2, 0.25) is 0 Å². The van der Waals surface area contributed by atoms with Crippen LogP contribution in [-0.2, 0) is 4.79 Å². The van der Waals surface area contributed by atoms with Crippen molar-refractivity contribution in [2.45, 2.75) is 6.92 Å². The standard InChI is InChI=1S/C21H21NO5S2/c1-5-27-15-8-6-14(7-9-15)22-20(23)19(29-21(22)28)11-13-10-17(25-3)18(26-4)12-16(13)24-2/h6-12H,5H2,1-4H3. The van der Waals surface area contributed by atoms with Crippen LogP contribution in [0.3, 0.4) is 0 Å². The lowest BCUT2D eigenvalue weighted by Gasteiger charge is -2.15. The predicted octanol–water partition coefficient (Wildman–Crippen LogP) is 4.52. The number of hydrogen-bond acceptors (Lipinski definition) is 7. The zero-order valence-electron chi connectivity index (χ0n) is 16.6. The Hall–Kier alpha value is -2.71. The third-order valence-corrected chi connectivity index (χ3v) is 5.52. The van der Waals surface area contributed by atoms with Crippen LogP contribution in [0.4, 0.5) is 5.69 Å². The third-order valence-electron chi connectivity index (χ3n) is 4.22. The largest absolute Gasteiger partial charge is 0.496 e. The van der Waals surface area contributed by atoms with Gasteiger partial charge in [0.25, 0.3) is 5.91 Å². The molecule has 2 aromatic carbocycles. The number of amides is 1. The van der Waals surface area contributed by atoms with Crippen LogP contribution < -0.4 is 23.8 Å². The van der Waals surface area contributed by atoms with Gasteiger partial charge in [0, 0.05) is 11.6 Å². The summed E-state index contributed by atoms with van der Waals surface area (Å²) in [6.07, 6.45) is 1.74. The van der Waals surface area contributed by atoms with Crippen LogP contribution in [0.2, 0.25) is 0 Å². The number of benzene rings is 2. The molecule has 1 aliphatic heterocycles. The van der Waals surface area contributed by atoms with Crippen LogP contribution in [-0.4, -0.2) is 38.2 Å². The molecule has 29 heavy (non-hydrogen) atoms. The Kier molecular flexibility index (Phi) is 6.66. The molecule has 0 unspecified atom stereocenters. The van der Waals surface area contributed by atoms with Gasteiger partial charge in [0.1, 0.15) is 11.5 Å². The smallest absolute Gasteiger partial charge is 0.270 e. The molecule has 0 aromatic heterocycles. The molecule has 0 spiro atoms. The van der Waals surface area contributed by atoms with Gasteiger partial charge in [-0.2, -0.15) is 0 Å². The first-order valence-electron chi connectivity index (χ1n) is 8.83. The van der Waals surface area contributed by atoms with Crippen molar-refractivity contribution in [1.82, 2.24) is 0 Å². The minimum atomic E-state index is -0.194. The number of thioether (sulfide) groups is 1. The van der Waals surface area contributed by atoms with Gasteiger partial charge in [-0.3, -0.25) is 9.69 Å². The van der Waals surface area contributed by atoms with Gasteiger partial charge in [-0.25, -0.2) is 0 Å². The highest BCUT2D eigenvalue weighted by molar-refractivity contribution is 8.27. The molecular formula is C21H21NO5S2. The Morgan fingerprint density at radius 1 is 1.00 bits per heavy atom. The normalized spacial score (nSPS) is 15.0. The molecule has 1 aliphatic rings. The summed E-state index contributed by atoms with van der Waals surface area (Å²) in [5, 5.41) is 0. The van der Waals surface area contributed by atoms with E-state index >= 15 is 0 Å². The van der Waals surface area contributed by atoms with E-state index in [1.807, 2.05) is 31.2 Å². The Labute approximate surface area is 179 Å². The van der Waals surface area contributed by atoms with Crippen LogP contribution >= 0.6 is 24.0 Å². The number of carbonyl (C=O) groups excluding carboxylic acids is 1. The first-order chi connectivity index (χ1) is 14.0. The number of anilines is 1. The molecular weight excluding hydrogens is 410 g/mol. The summed E-state index contributed by atoms with van der Waals surface area (Å²) in [6.45, 7) is 2.50. The van der Waals surface area contributed by atoms with Crippen molar-refractivity contribution < 1.29 is 23.7 Å². The number of ether oxygens (including phenoxy) is 4. The summed E-state index contributed by atoms with van der Waals surface area (Å²) < 4.78 is 22.0. The Morgan fingerprint density at radius 2 is 1.62 bits per heavy atom.